The van der Waals surface area contributed by atoms with Crippen molar-refractivity contribution in [3.63, 3.8) is 0 Å². The van der Waals surface area contributed by atoms with E-state index in [0.29, 0.717) is 17.5 Å². The van der Waals surface area contributed by atoms with E-state index in [4.69, 9.17) is 26.8 Å². The summed E-state index contributed by atoms with van der Waals surface area (Å²) in [5.41, 5.74) is 5.77. The molecule has 2 heterocycles. The third-order valence-electron chi connectivity index (χ3n) is 2.04. The average Bonchev–Trinajstić information content (AvgIpc) is 2.17. The lowest BCUT2D eigenvalue weighted by atomic mass is 10.1. The highest BCUT2D eigenvalue weighted by Gasteiger charge is 2.23. The maximum Gasteiger partial charge on any atom is 0.404 e. The van der Waals surface area contributed by atoms with Gasteiger partial charge in [-0.3, -0.25) is 0 Å². The number of nitrogens with two attached hydrogens (primary N) is 1. The van der Waals surface area contributed by atoms with Crippen molar-refractivity contribution >= 4 is 17.7 Å². The van der Waals surface area contributed by atoms with E-state index >= 15 is 0 Å². The van der Waals surface area contributed by atoms with Crippen LogP contribution >= 0.6 is 11.6 Å². The molecule has 1 aliphatic rings. The lowest BCUT2D eigenvalue weighted by molar-refractivity contribution is 0.0595. The number of pyridine rings is 1. The van der Waals surface area contributed by atoms with E-state index in [1.165, 1.54) is 0 Å². The van der Waals surface area contributed by atoms with E-state index in [2.05, 4.69) is 4.98 Å². The minimum absolute atomic E-state index is 0.253. The van der Waals surface area contributed by atoms with E-state index in [9.17, 15) is 4.79 Å². The summed E-state index contributed by atoms with van der Waals surface area (Å²) in [7, 11) is 0. The molecule has 1 aliphatic heterocycles. The first-order valence-electron chi connectivity index (χ1n) is 4.39. The van der Waals surface area contributed by atoms with Crippen molar-refractivity contribution in [2.24, 2.45) is 5.73 Å². The van der Waals surface area contributed by atoms with Crippen LogP contribution in [0.25, 0.3) is 0 Å². The standard InChI is InChI=1S/C9H9ClN2O3/c10-7-2-1-5-3-6(15-9(11)13)4-14-8(5)12-7/h1-2,6H,3-4H2,(H2,11,13). The number of halogens is 1. The van der Waals surface area contributed by atoms with Gasteiger partial charge in [-0.2, -0.15) is 0 Å². The van der Waals surface area contributed by atoms with Gasteiger partial charge in [0.15, 0.2) is 0 Å². The zero-order valence-electron chi connectivity index (χ0n) is 7.77. The molecule has 15 heavy (non-hydrogen) atoms. The second-order valence-corrected chi connectivity index (χ2v) is 3.56. The van der Waals surface area contributed by atoms with Gasteiger partial charge in [-0.15, -0.1) is 0 Å². The van der Waals surface area contributed by atoms with Crippen molar-refractivity contribution in [1.82, 2.24) is 4.98 Å². The molecule has 1 atom stereocenters. The molecule has 0 aromatic carbocycles. The summed E-state index contributed by atoms with van der Waals surface area (Å²) in [6.07, 6.45) is -0.602. The third-order valence-corrected chi connectivity index (χ3v) is 2.25. The number of carbonyl (C=O) groups excluding carboxylic acids is 1. The molecule has 6 heteroatoms. The van der Waals surface area contributed by atoms with Crippen LogP contribution in [0.2, 0.25) is 5.15 Å². The number of aromatic nitrogens is 1. The quantitative estimate of drug-likeness (QED) is 0.732. The minimum atomic E-state index is -0.797. The summed E-state index contributed by atoms with van der Waals surface area (Å²) >= 11 is 5.70. The largest absolute Gasteiger partial charge is 0.473 e. The zero-order valence-corrected chi connectivity index (χ0v) is 8.53. The number of nitrogens with zero attached hydrogens (tertiary/aromatic N) is 1. The number of primary amides is 1. The Bertz CT molecular complexity index is 397. The van der Waals surface area contributed by atoms with Crippen LogP contribution in [0.15, 0.2) is 12.1 Å². The fourth-order valence-electron chi connectivity index (χ4n) is 1.44. The summed E-state index contributed by atoms with van der Waals surface area (Å²) in [6, 6.07) is 3.46. The molecule has 0 saturated carbocycles. The Morgan fingerprint density at radius 1 is 1.67 bits per heavy atom. The Kier molecular flexibility index (Phi) is 2.64. The first-order valence-corrected chi connectivity index (χ1v) is 4.77. The van der Waals surface area contributed by atoms with Gasteiger partial charge in [-0.25, -0.2) is 9.78 Å². The molecule has 1 amide bonds. The first-order chi connectivity index (χ1) is 7.15. The number of amides is 1. The van der Waals surface area contributed by atoms with Gasteiger partial charge in [0.1, 0.15) is 17.9 Å². The van der Waals surface area contributed by atoms with Gasteiger partial charge in [0.05, 0.1) is 0 Å². The Morgan fingerprint density at radius 2 is 2.47 bits per heavy atom. The fourth-order valence-corrected chi connectivity index (χ4v) is 1.58. The number of fused-ring (bicyclic) bond motifs is 1. The predicted octanol–water partition coefficient (Wildman–Crippen LogP) is 1.13. The van der Waals surface area contributed by atoms with Crippen LogP contribution in [0.1, 0.15) is 5.56 Å². The molecular formula is C9H9ClN2O3. The van der Waals surface area contributed by atoms with Crippen molar-refractivity contribution in [3.05, 3.63) is 22.8 Å². The summed E-state index contributed by atoms with van der Waals surface area (Å²) in [5.74, 6) is 0.492. The monoisotopic (exact) mass is 228 g/mol. The molecule has 1 unspecified atom stereocenters. The molecule has 1 aromatic rings. The van der Waals surface area contributed by atoms with Crippen molar-refractivity contribution in [1.29, 1.82) is 0 Å². The highest BCUT2D eigenvalue weighted by molar-refractivity contribution is 6.29. The topological polar surface area (TPSA) is 74.4 Å². The lowest BCUT2D eigenvalue weighted by Gasteiger charge is -2.23. The third kappa shape index (κ3) is 2.30. The average molecular weight is 229 g/mol. The SMILES string of the molecule is NC(=O)OC1COc2nc(Cl)ccc2C1. The van der Waals surface area contributed by atoms with E-state index in [-0.39, 0.29) is 12.7 Å². The van der Waals surface area contributed by atoms with Crippen LogP contribution in [0, 0.1) is 0 Å². The maximum atomic E-state index is 10.5. The molecule has 5 nitrogen and oxygen atoms in total. The summed E-state index contributed by atoms with van der Waals surface area (Å²) in [6.45, 7) is 0.253. The predicted molar refractivity (Wildman–Crippen MR) is 52.9 cm³/mol. The normalized spacial score (nSPS) is 18.9. The van der Waals surface area contributed by atoms with Gasteiger partial charge in [-0.1, -0.05) is 17.7 Å². The maximum absolute atomic E-state index is 10.5. The Morgan fingerprint density at radius 3 is 3.20 bits per heavy atom. The Balaban J connectivity index is 2.13. The van der Waals surface area contributed by atoms with Crippen LogP contribution in [0.4, 0.5) is 4.79 Å². The van der Waals surface area contributed by atoms with Gasteiger partial charge in [0.25, 0.3) is 0 Å². The molecule has 1 aromatic heterocycles. The molecule has 2 N–H and O–H groups in total. The number of carbonyl (C=O) groups is 1. The van der Waals surface area contributed by atoms with Crippen molar-refractivity contribution in [2.75, 3.05) is 6.61 Å². The van der Waals surface area contributed by atoms with Crippen LogP contribution in [-0.4, -0.2) is 23.8 Å². The van der Waals surface area contributed by atoms with E-state index < -0.39 is 6.09 Å². The fraction of sp³-hybridized carbons (Fsp3) is 0.333. The molecular weight excluding hydrogens is 220 g/mol. The highest BCUT2D eigenvalue weighted by Crippen LogP contribution is 2.25. The number of rotatable bonds is 1. The van der Waals surface area contributed by atoms with Crippen LogP contribution in [0.3, 0.4) is 0 Å². The number of hydrogen-bond donors (Lipinski definition) is 1. The molecule has 80 valence electrons. The van der Waals surface area contributed by atoms with Gasteiger partial charge >= 0.3 is 6.09 Å². The van der Waals surface area contributed by atoms with Crippen LogP contribution < -0.4 is 10.5 Å². The van der Waals surface area contributed by atoms with Crippen molar-refractivity contribution < 1.29 is 14.3 Å². The van der Waals surface area contributed by atoms with Gasteiger partial charge in [-0.05, 0) is 6.07 Å². The molecule has 0 fully saturated rings. The molecule has 0 aliphatic carbocycles. The lowest BCUT2D eigenvalue weighted by Crippen LogP contribution is -2.33. The summed E-state index contributed by atoms with van der Waals surface area (Å²) in [5, 5.41) is 0.378. The Labute approximate surface area is 91.1 Å². The van der Waals surface area contributed by atoms with Crippen LogP contribution in [0.5, 0.6) is 5.88 Å². The first kappa shape index (κ1) is 10.0. The molecule has 0 bridgehead atoms. The Hall–Kier alpha value is -1.49. The van der Waals surface area contributed by atoms with Gasteiger partial charge in [0.2, 0.25) is 5.88 Å². The molecule has 0 radical (unpaired) electrons. The highest BCUT2D eigenvalue weighted by atomic mass is 35.5. The summed E-state index contributed by atoms with van der Waals surface area (Å²) < 4.78 is 10.1. The summed E-state index contributed by atoms with van der Waals surface area (Å²) in [4.78, 5) is 14.5. The van der Waals surface area contributed by atoms with Gasteiger partial charge < -0.3 is 15.2 Å². The van der Waals surface area contributed by atoms with Gasteiger partial charge in [0, 0.05) is 12.0 Å². The van der Waals surface area contributed by atoms with Crippen LogP contribution in [-0.2, 0) is 11.2 Å². The number of hydrogen-bond acceptors (Lipinski definition) is 4. The van der Waals surface area contributed by atoms with E-state index in [1.54, 1.807) is 12.1 Å². The second kappa shape index (κ2) is 3.94. The van der Waals surface area contributed by atoms with E-state index in [1.807, 2.05) is 0 Å². The molecule has 2 rings (SSSR count). The second-order valence-electron chi connectivity index (χ2n) is 3.17. The minimum Gasteiger partial charge on any atom is -0.473 e. The number of ether oxygens (including phenoxy) is 2. The van der Waals surface area contributed by atoms with Crippen molar-refractivity contribution in [3.8, 4) is 5.88 Å². The smallest absolute Gasteiger partial charge is 0.404 e. The zero-order chi connectivity index (χ0) is 10.8. The van der Waals surface area contributed by atoms with Crippen molar-refractivity contribution in [2.45, 2.75) is 12.5 Å². The van der Waals surface area contributed by atoms with E-state index in [0.717, 1.165) is 5.56 Å². The molecule has 0 saturated heterocycles. The molecule has 0 spiro atoms.